The van der Waals surface area contributed by atoms with Gasteiger partial charge < -0.3 is 9.47 Å². The van der Waals surface area contributed by atoms with Crippen molar-refractivity contribution in [3.05, 3.63) is 32.9 Å². The minimum atomic E-state index is -1.56. The van der Waals surface area contributed by atoms with E-state index in [1.165, 1.54) is 21.8 Å². The van der Waals surface area contributed by atoms with E-state index in [1.54, 1.807) is 7.11 Å². The summed E-state index contributed by atoms with van der Waals surface area (Å²) in [6, 6.07) is 0.000589. The molecule has 3 aromatic heterocycles. The second-order valence-electron chi connectivity index (χ2n) is 7.48. The molecule has 3 heterocycles. The molecule has 0 aliphatic heterocycles. The number of aromatic nitrogens is 6. The lowest BCUT2D eigenvalue weighted by Crippen LogP contribution is -2.23. The molecule has 0 aromatic carbocycles. The molecule has 3 aromatic rings. The van der Waals surface area contributed by atoms with Crippen LogP contribution in [0.25, 0.3) is 11.0 Å². The Morgan fingerprint density at radius 3 is 2.75 bits per heavy atom. The molecule has 1 saturated carbocycles. The van der Waals surface area contributed by atoms with E-state index in [1.807, 2.05) is 0 Å². The molecule has 0 saturated heterocycles. The average Bonchev–Trinajstić information content (AvgIpc) is 3.34. The van der Waals surface area contributed by atoms with Crippen LogP contribution in [-0.4, -0.2) is 60.4 Å². The van der Waals surface area contributed by atoms with Crippen molar-refractivity contribution in [2.45, 2.75) is 50.5 Å². The molecular weight excluding hydrogens is 468 g/mol. The van der Waals surface area contributed by atoms with Gasteiger partial charge in [-0.2, -0.15) is 10.1 Å². The lowest BCUT2D eigenvalue weighted by molar-refractivity contribution is -0.386. The third kappa shape index (κ3) is 4.76. The standard InChI is InChI=1S/C18H20Cl2FN7O4/c1-31-12-4-2-11(3-5-12)26-8-14(28(29)30)17(25-26)32-9-10(21)7-27-16-13(15(19)24-27)6-22-18(20)23-16/h6,8,10-12H,2-5,7,9H2,1H3. The van der Waals surface area contributed by atoms with Crippen LogP contribution < -0.4 is 4.74 Å². The third-order valence-corrected chi connectivity index (χ3v) is 5.88. The topological polar surface area (TPSA) is 123 Å². The van der Waals surface area contributed by atoms with E-state index in [4.69, 9.17) is 32.7 Å². The number of nitrogens with zero attached hydrogens (tertiary/aromatic N) is 7. The fourth-order valence-electron chi connectivity index (χ4n) is 3.76. The summed E-state index contributed by atoms with van der Waals surface area (Å²) in [5, 5.41) is 20.2. The predicted molar refractivity (Wildman–Crippen MR) is 113 cm³/mol. The molecule has 32 heavy (non-hydrogen) atoms. The van der Waals surface area contributed by atoms with Gasteiger partial charge in [0.05, 0.1) is 29.0 Å². The number of hydrogen-bond acceptors (Lipinski definition) is 8. The van der Waals surface area contributed by atoms with Crippen LogP contribution >= 0.6 is 23.2 Å². The van der Waals surface area contributed by atoms with Crippen molar-refractivity contribution >= 4 is 39.9 Å². The maximum Gasteiger partial charge on any atom is 0.350 e. The lowest BCUT2D eigenvalue weighted by atomic mass is 9.93. The van der Waals surface area contributed by atoms with Crippen molar-refractivity contribution in [2.24, 2.45) is 0 Å². The zero-order chi connectivity index (χ0) is 22.8. The third-order valence-electron chi connectivity index (χ3n) is 5.41. The number of alkyl halides is 1. The highest BCUT2D eigenvalue weighted by Gasteiger charge is 2.28. The molecule has 0 N–H and O–H groups in total. The van der Waals surface area contributed by atoms with Crippen LogP contribution in [0.4, 0.5) is 10.1 Å². The van der Waals surface area contributed by atoms with Gasteiger partial charge in [0.15, 0.2) is 17.0 Å². The van der Waals surface area contributed by atoms with Crippen molar-refractivity contribution in [2.75, 3.05) is 13.7 Å². The van der Waals surface area contributed by atoms with Gasteiger partial charge in [0, 0.05) is 13.3 Å². The Hall–Kier alpha value is -2.57. The molecule has 1 aliphatic carbocycles. The Balaban J connectivity index is 1.43. The summed E-state index contributed by atoms with van der Waals surface area (Å²) < 4.78 is 28.2. The van der Waals surface area contributed by atoms with Gasteiger partial charge in [0.2, 0.25) is 5.28 Å². The van der Waals surface area contributed by atoms with E-state index < -0.39 is 17.7 Å². The molecule has 1 atom stereocenters. The zero-order valence-electron chi connectivity index (χ0n) is 17.0. The van der Waals surface area contributed by atoms with Crippen LogP contribution in [0.5, 0.6) is 5.88 Å². The van der Waals surface area contributed by atoms with Crippen molar-refractivity contribution in [1.82, 2.24) is 29.5 Å². The molecule has 0 bridgehead atoms. The molecule has 1 aliphatic rings. The van der Waals surface area contributed by atoms with Gasteiger partial charge in [0.25, 0.3) is 0 Å². The number of rotatable bonds is 8. The van der Waals surface area contributed by atoms with E-state index in [0.29, 0.717) is 5.39 Å². The fraction of sp³-hybridized carbons (Fsp3) is 0.556. The van der Waals surface area contributed by atoms with Crippen LogP contribution in [0, 0.1) is 10.1 Å². The van der Waals surface area contributed by atoms with E-state index in [0.717, 1.165) is 25.7 Å². The maximum atomic E-state index is 14.7. The highest BCUT2D eigenvalue weighted by Crippen LogP contribution is 2.33. The van der Waals surface area contributed by atoms with Gasteiger partial charge >= 0.3 is 11.6 Å². The SMILES string of the molecule is COC1CCC(n2cc([N+](=O)[O-])c(OCC(F)Cn3nc(Cl)c4cnc(Cl)nc43)n2)CC1. The Morgan fingerprint density at radius 1 is 1.31 bits per heavy atom. The number of nitro groups is 1. The summed E-state index contributed by atoms with van der Waals surface area (Å²) in [5.41, 5.74) is -0.0299. The Kier molecular flexibility index (Phi) is 6.72. The number of fused-ring (bicyclic) bond motifs is 1. The molecule has 4 rings (SSSR count). The lowest BCUT2D eigenvalue weighted by Gasteiger charge is -2.27. The summed E-state index contributed by atoms with van der Waals surface area (Å²) in [6.45, 7) is -0.710. The summed E-state index contributed by atoms with van der Waals surface area (Å²) in [4.78, 5) is 18.7. The highest BCUT2D eigenvalue weighted by molar-refractivity contribution is 6.34. The number of methoxy groups -OCH3 is 1. The van der Waals surface area contributed by atoms with Gasteiger partial charge in [-0.15, -0.1) is 5.10 Å². The molecule has 1 unspecified atom stereocenters. The smallest absolute Gasteiger partial charge is 0.350 e. The van der Waals surface area contributed by atoms with Crippen LogP contribution in [0.2, 0.25) is 10.4 Å². The Morgan fingerprint density at radius 2 is 2.06 bits per heavy atom. The van der Waals surface area contributed by atoms with Crippen LogP contribution in [0.3, 0.4) is 0 Å². The Bertz CT molecular complexity index is 1120. The van der Waals surface area contributed by atoms with Crippen molar-refractivity contribution in [3.8, 4) is 5.88 Å². The molecule has 0 spiro atoms. The van der Waals surface area contributed by atoms with Crippen LogP contribution in [0.15, 0.2) is 12.4 Å². The normalized spacial score (nSPS) is 19.9. The molecule has 172 valence electrons. The first-order valence-corrected chi connectivity index (χ1v) is 10.7. The van der Waals surface area contributed by atoms with E-state index in [2.05, 4.69) is 20.2 Å². The maximum absolute atomic E-state index is 14.7. The first kappa shape index (κ1) is 22.6. The zero-order valence-corrected chi connectivity index (χ0v) is 18.5. The van der Waals surface area contributed by atoms with Crippen LogP contribution in [0.1, 0.15) is 31.7 Å². The van der Waals surface area contributed by atoms with E-state index in [-0.39, 0.29) is 46.3 Å². The monoisotopic (exact) mass is 487 g/mol. The minimum absolute atomic E-state index is 0.000589. The largest absolute Gasteiger partial charge is 0.469 e. The van der Waals surface area contributed by atoms with Gasteiger partial charge in [-0.3, -0.25) is 14.8 Å². The molecule has 0 radical (unpaired) electrons. The van der Waals surface area contributed by atoms with E-state index >= 15 is 0 Å². The predicted octanol–water partition coefficient (Wildman–Crippen LogP) is 3.79. The quantitative estimate of drug-likeness (QED) is 0.267. The summed E-state index contributed by atoms with van der Waals surface area (Å²) in [5.74, 6) is -0.222. The molecular formula is C18H20Cl2FN7O4. The van der Waals surface area contributed by atoms with Gasteiger partial charge in [-0.05, 0) is 37.3 Å². The van der Waals surface area contributed by atoms with E-state index in [9.17, 15) is 14.5 Å². The summed E-state index contributed by atoms with van der Waals surface area (Å²) in [6.07, 6.45) is 4.59. The van der Waals surface area contributed by atoms with Crippen molar-refractivity contribution in [3.63, 3.8) is 0 Å². The average molecular weight is 488 g/mol. The first-order valence-electron chi connectivity index (χ1n) is 9.93. The number of hydrogen-bond donors (Lipinski definition) is 0. The second-order valence-corrected chi connectivity index (χ2v) is 8.18. The van der Waals surface area contributed by atoms with Gasteiger partial charge in [0.1, 0.15) is 12.8 Å². The first-order chi connectivity index (χ1) is 15.4. The molecule has 11 nitrogen and oxygen atoms in total. The highest BCUT2D eigenvalue weighted by atomic mass is 35.5. The second kappa shape index (κ2) is 9.51. The fourth-order valence-corrected chi connectivity index (χ4v) is 4.12. The summed E-state index contributed by atoms with van der Waals surface area (Å²) >= 11 is 11.8. The number of ether oxygens (including phenoxy) is 2. The minimum Gasteiger partial charge on any atom is -0.469 e. The van der Waals surface area contributed by atoms with Gasteiger partial charge in [-0.1, -0.05) is 11.6 Å². The number of halogens is 3. The van der Waals surface area contributed by atoms with Crippen LogP contribution in [-0.2, 0) is 11.3 Å². The molecule has 14 heteroatoms. The van der Waals surface area contributed by atoms with Crippen molar-refractivity contribution in [1.29, 1.82) is 0 Å². The van der Waals surface area contributed by atoms with Gasteiger partial charge in [-0.25, -0.2) is 14.1 Å². The Labute approximate surface area is 191 Å². The molecule has 0 amide bonds. The summed E-state index contributed by atoms with van der Waals surface area (Å²) in [7, 11) is 1.67. The van der Waals surface area contributed by atoms with Crippen molar-refractivity contribution < 1.29 is 18.8 Å². The molecule has 1 fully saturated rings.